The number of aliphatic imine (C=N–C) groups is 1. The highest BCUT2D eigenvalue weighted by molar-refractivity contribution is 6.39. The van der Waals surface area contributed by atoms with Crippen molar-refractivity contribution in [3.05, 3.63) is 88.9 Å². The zero-order chi connectivity index (χ0) is 19.9. The van der Waals surface area contributed by atoms with E-state index in [1.54, 1.807) is 42.5 Å². The van der Waals surface area contributed by atoms with Crippen LogP contribution in [0.5, 0.6) is 5.75 Å². The number of carbonyl (C=O) groups excluding carboxylic acids is 1. The van der Waals surface area contributed by atoms with Gasteiger partial charge in [0.1, 0.15) is 5.75 Å². The summed E-state index contributed by atoms with van der Waals surface area (Å²) in [4.78, 5) is 16.3. The number of nitrogens with zero attached hydrogens (tertiary/aromatic N) is 1. The minimum Gasteiger partial charge on any atom is -0.426 e. The van der Waals surface area contributed by atoms with Gasteiger partial charge in [-0.25, -0.2) is 4.99 Å². The molecule has 0 aromatic heterocycles. The minimum atomic E-state index is -0.389. The van der Waals surface area contributed by atoms with Gasteiger partial charge in [0.15, 0.2) is 0 Å². The smallest absolute Gasteiger partial charge is 0.315 e. The van der Waals surface area contributed by atoms with Crippen LogP contribution in [0.2, 0.25) is 10.0 Å². The van der Waals surface area contributed by atoms with E-state index in [-0.39, 0.29) is 12.4 Å². The second kappa shape index (κ2) is 9.25. The van der Waals surface area contributed by atoms with E-state index in [4.69, 9.17) is 27.9 Å². The third kappa shape index (κ3) is 5.02. The van der Waals surface area contributed by atoms with Gasteiger partial charge in [-0.2, -0.15) is 0 Å². The first kappa shape index (κ1) is 19.7. The topological polar surface area (TPSA) is 50.7 Å². The number of ether oxygens (including phenoxy) is 1. The molecular weight excluding hydrogens is 395 g/mol. The van der Waals surface area contributed by atoms with E-state index in [9.17, 15) is 4.79 Å². The Morgan fingerprint density at radius 3 is 2.36 bits per heavy atom. The average molecular weight is 411 g/mol. The maximum Gasteiger partial charge on any atom is 0.315 e. The van der Waals surface area contributed by atoms with E-state index < -0.39 is 0 Å². The van der Waals surface area contributed by atoms with Gasteiger partial charge in [-0.3, -0.25) is 4.79 Å². The molecule has 3 aromatic rings. The van der Waals surface area contributed by atoms with Crippen LogP contribution in [0, 0.1) is 0 Å². The predicted molar refractivity (Wildman–Crippen MR) is 115 cm³/mol. The maximum atomic E-state index is 12.4. The highest BCUT2D eigenvalue weighted by atomic mass is 35.5. The monoisotopic (exact) mass is 410 g/mol. The molecular formula is C22H16Cl2N2O2. The summed E-state index contributed by atoms with van der Waals surface area (Å²) in [6.07, 6.45) is 0.0812. The Bertz CT molecular complexity index is 1020. The number of nitrogens with one attached hydrogen (secondary N) is 1. The van der Waals surface area contributed by atoms with E-state index in [0.717, 1.165) is 11.3 Å². The molecule has 0 saturated carbocycles. The Hall–Kier alpha value is -3.04. The Morgan fingerprint density at radius 2 is 1.68 bits per heavy atom. The average Bonchev–Trinajstić information content (AvgIpc) is 2.68. The van der Waals surface area contributed by atoms with Gasteiger partial charge in [-0.05, 0) is 60.5 Å². The quantitative estimate of drug-likeness (QED) is 0.291. The molecule has 6 heteroatoms. The third-order valence-electron chi connectivity index (χ3n) is 3.85. The summed E-state index contributed by atoms with van der Waals surface area (Å²) in [7, 11) is 0. The van der Waals surface area contributed by atoms with Gasteiger partial charge in [0.25, 0.3) is 0 Å². The van der Waals surface area contributed by atoms with Crippen LogP contribution in [0.3, 0.4) is 0 Å². The van der Waals surface area contributed by atoms with Gasteiger partial charge in [-0.15, -0.1) is 0 Å². The Kier molecular flexibility index (Phi) is 6.51. The first-order valence-corrected chi connectivity index (χ1v) is 9.15. The fourth-order valence-electron chi connectivity index (χ4n) is 2.55. The number of esters is 1. The van der Waals surface area contributed by atoms with Crippen molar-refractivity contribution in [2.75, 3.05) is 5.32 Å². The molecule has 0 bridgehead atoms. The standard InChI is InChI=1S/C22H16Cl2N2O2/c1-2-25-16-10-12-17(13-11-16)28-21(27)14-15-6-3-4-9-20(15)26-22-18(23)7-5-8-19(22)24/h3-13,26H,1,14H2. The van der Waals surface area contributed by atoms with E-state index in [0.29, 0.717) is 27.2 Å². The van der Waals surface area contributed by atoms with E-state index in [1.807, 2.05) is 24.3 Å². The molecule has 1 N–H and O–H groups in total. The molecule has 28 heavy (non-hydrogen) atoms. The summed E-state index contributed by atoms with van der Waals surface area (Å²) >= 11 is 12.5. The Labute approximate surface area is 173 Å². The molecule has 0 saturated heterocycles. The number of rotatable bonds is 6. The van der Waals surface area contributed by atoms with Gasteiger partial charge >= 0.3 is 5.97 Å². The largest absolute Gasteiger partial charge is 0.426 e. The van der Waals surface area contributed by atoms with Crippen molar-refractivity contribution in [1.82, 2.24) is 0 Å². The molecule has 0 radical (unpaired) electrons. The van der Waals surface area contributed by atoms with Crippen LogP contribution in [0.25, 0.3) is 0 Å². The fraction of sp³-hybridized carbons (Fsp3) is 0.0455. The predicted octanol–water partition coefficient (Wildman–Crippen LogP) is 6.37. The number of anilines is 2. The van der Waals surface area contributed by atoms with Gasteiger partial charge < -0.3 is 10.1 Å². The van der Waals surface area contributed by atoms with E-state index in [2.05, 4.69) is 22.8 Å². The molecule has 0 unspecified atom stereocenters. The molecule has 0 aliphatic heterocycles. The van der Waals surface area contributed by atoms with Crippen molar-refractivity contribution >= 4 is 52.1 Å². The summed E-state index contributed by atoms with van der Waals surface area (Å²) in [5.74, 6) is 2.50. The number of benzene rings is 3. The summed E-state index contributed by atoms with van der Waals surface area (Å²) in [5.41, 5.74) is 2.76. The SMILES string of the molecule is C=C=Nc1ccc(OC(=O)Cc2ccccc2Nc2c(Cl)cccc2Cl)cc1. The molecule has 0 atom stereocenters. The summed E-state index contributed by atoms with van der Waals surface area (Å²) in [6.45, 7) is 3.42. The van der Waals surface area contributed by atoms with Gasteiger partial charge in [0.2, 0.25) is 0 Å². The zero-order valence-electron chi connectivity index (χ0n) is 14.8. The molecule has 0 heterocycles. The van der Waals surface area contributed by atoms with Crippen molar-refractivity contribution < 1.29 is 9.53 Å². The number of hydrogen-bond acceptors (Lipinski definition) is 4. The lowest BCUT2D eigenvalue weighted by molar-refractivity contribution is -0.133. The number of carbonyl (C=O) groups is 1. The van der Waals surface area contributed by atoms with Gasteiger partial charge in [0.05, 0.1) is 27.8 Å². The zero-order valence-corrected chi connectivity index (χ0v) is 16.3. The van der Waals surface area contributed by atoms with E-state index >= 15 is 0 Å². The van der Waals surface area contributed by atoms with Gasteiger partial charge in [0, 0.05) is 5.69 Å². The van der Waals surface area contributed by atoms with Crippen molar-refractivity contribution in [1.29, 1.82) is 0 Å². The lowest BCUT2D eigenvalue weighted by Gasteiger charge is -2.14. The molecule has 0 spiro atoms. The van der Waals surface area contributed by atoms with Crippen LogP contribution >= 0.6 is 23.2 Å². The first-order valence-electron chi connectivity index (χ1n) is 8.39. The number of hydrogen-bond donors (Lipinski definition) is 1. The normalized spacial score (nSPS) is 10.1. The van der Waals surface area contributed by atoms with Crippen LogP contribution in [0.1, 0.15) is 5.56 Å². The second-order valence-electron chi connectivity index (χ2n) is 5.79. The second-order valence-corrected chi connectivity index (χ2v) is 6.61. The molecule has 0 amide bonds. The fourth-order valence-corrected chi connectivity index (χ4v) is 3.04. The highest BCUT2D eigenvalue weighted by Crippen LogP contribution is 2.33. The molecule has 140 valence electrons. The third-order valence-corrected chi connectivity index (χ3v) is 4.48. The lowest BCUT2D eigenvalue weighted by Crippen LogP contribution is -2.12. The summed E-state index contributed by atoms with van der Waals surface area (Å²) in [5, 5.41) is 4.19. The molecule has 4 nitrogen and oxygen atoms in total. The Balaban J connectivity index is 1.74. The lowest BCUT2D eigenvalue weighted by atomic mass is 10.1. The van der Waals surface area contributed by atoms with Crippen molar-refractivity contribution in [3.63, 3.8) is 0 Å². The molecule has 0 aliphatic carbocycles. The van der Waals surface area contributed by atoms with Crippen molar-refractivity contribution in [2.24, 2.45) is 4.99 Å². The van der Waals surface area contributed by atoms with E-state index in [1.165, 1.54) is 0 Å². The number of para-hydroxylation sites is 2. The van der Waals surface area contributed by atoms with Crippen LogP contribution in [0.15, 0.2) is 78.3 Å². The molecule has 0 fully saturated rings. The van der Waals surface area contributed by atoms with Gasteiger partial charge in [-0.1, -0.05) is 47.5 Å². The molecule has 0 aliphatic rings. The summed E-state index contributed by atoms with van der Waals surface area (Å²) < 4.78 is 5.41. The van der Waals surface area contributed by atoms with Crippen LogP contribution in [-0.2, 0) is 11.2 Å². The highest BCUT2D eigenvalue weighted by Gasteiger charge is 2.12. The minimum absolute atomic E-state index is 0.0812. The van der Waals surface area contributed by atoms with Crippen molar-refractivity contribution in [2.45, 2.75) is 6.42 Å². The molecule has 3 rings (SSSR count). The van der Waals surface area contributed by atoms with Crippen LogP contribution < -0.4 is 10.1 Å². The number of halogens is 2. The first-order chi connectivity index (χ1) is 13.6. The van der Waals surface area contributed by atoms with Crippen molar-refractivity contribution in [3.8, 4) is 5.75 Å². The van der Waals surface area contributed by atoms with Crippen LogP contribution in [-0.4, -0.2) is 11.8 Å². The summed E-state index contributed by atoms with van der Waals surface area (Å²) in [6, 6.07) is 19.4. The maximum absolute atomic E-state index is 12.4. The Morgan fingerprint density at radius 1 is 1.00 bits per heavy atom. The molecule has 3 aromatic carbocycles. The van der Waals surface area contributed by atoms with Crippen LogP contribution in [0.4, 0.5) is 17.1 Å².